The van der Waals surface area contributed by atoms with E-state index in [1.807, 2.05) is 18.4 Å². The Morgan fingerprint density at radius 3 is 2.56 bits per heavy atom. The van der Waals surface area contributed by atoms with Gasteiger partial charge in [0.1, 0.15) is 0 Å². The van der Waals surface area contributed by atoms with Crippen molar-refractivity contribution in [3.8, 4) is 0 Å². The minimum absolute atomic E-state index is 0.159. The Morgan fingerprint density at radius 1 is 1.33 bits per heavy atom. The van der Waals surface area contributed by atoms with Gasteiger partial charge in [0.15, 0.2) is 0 Å². The van der Waals surface area contributed by atoms with Gasteiger partial charge in [0.05, 0.1) is 0 Å². The van der Waals surface area contributed by atoms with Crippen LogP contribution in [0.5, 0.6) is 0 Å². The van der Waals surface area contributed by atoms with E-state index in [4.69, 9.17) is 0 Å². The maximum Gasteiger partial charge on any atom is 0.255 e. The zero-order valence-corrected chi connectivity index (χ0v) is 12.3. The van der Waals surface area contributed by atoms with E-state index in [-0.39, 0.29) is 11.6 Å². The van der Waals surface area contributed by atoms with Crippen molar-refractivity contribution in [3.05, 3.63) is 33.2 Å². The van der Waals surface area contributed by atoms with Crippen molar-refractivity contribution in [2.24, 2.45) is 0 Å². The number of aryl methyl sites for hydroxylation is 2. The number of rotatable bonds is 6. The van der Waals surface area contributed by atoms with E-state index in [2.05, 4.69) is 32.2 Å². The van der Waals surface area contributed by atoms with Crippen LogP contribution in [0.15, 0.2) is 10.9 Å². The van der Waals surface area contributed by atoms with Gasteiger partial charge in [-0.1, -0.05) is 13.3 Å². The first-order valence-electron chi connectivity index (χ1n) is 6.91. The highest BCUT2D eigenvalue weighted by Gasteiger charge is 2.11. The molecule has 3 heteroatoms. The average Bonchev–Trinajstić information content (AvgIpc) is 2.26. The van der Waals surface area contributed by atoms with Gasteiger partial charge in [-0.15, -0.1) is 0 Å². The van der Waals surface area contributed by atoms with Crippen molar-refractivity contribution in [2.45, 2.75) is 60.0 Å². The number of pyridine rings is 1. The molecule has 0 aliphatic heterocycles. The van der Waals surface area contributed by atoms with E-state index in [9.17, 15) is 4.79 Å². The number of nitrogens with one attached hydrogen (secondary N) is 1. The molecule has 18 heavy (non-hydrogen) atoms. The number of hydrogen-bond acceptors (Lipinski definition) is 2. The molecule has 0 radical (unpaired) electrons. The van der Waals surface area contributed by atoms with Crippen LogP contribution in [-0.4, -0.2) is 11.1 Å². The second kappa shape index (κ2) is 6.74. The Bertz CT molecular complexity index is 447. The normalized spacial score (nSPS) is 11.2. The summed E-state index contributed by atoms with van der Waals surface area (Å²) in [6.45, 7) is 12.0. The molecule has 0 unspecified atom stereocenters. The summed E-state index contributed by atoms with van der Waals surface area (Å²) >= 11 is 0. The highest BCUT2D eigenvalue weighted by molar-refractivity contribution is 5.26. The fourth-order valence-electron chi connectivity index (χ4n) is 2.32. The first-order valence-corrected chi connectivity index (χ1v) is 6.91. The number of unbranched alkanes of at least 4 members (excludes halogenated alkanes) is 1. The summed E-state index contributed by atoms with van der Waals surface area (Å²) in [5, 5.41) is 3.36. The predicted molar refractivity (Wildman–Crippen MR) is 77.2 cm³/mol. The number of nitrogens with zero attached hydrogens (tertiary/aromatic N) is 1. The lowest BCUT2D eigenvalue weighted by atomic mass is 10.1. The molecule has 1 aromatic heterocycles. The van der Waals surface area contributed by atoms with Crippen LogP contribution in [0.3, 0.4) is 0 Å². The molecule has 0 aliphatic rings. The topological polar surface area (TPSA) is 34.0 Å². The van der Waals surface area contributed by atoms with Crippen molar-refractivity contribution < 1.29 is 0 Å². The van der Waals surface area contributed by atoms with Gasteiger partial charge < -0.3 is 9.88 Å². The van der Waals surface area contributed by atoms with Crippen molar-refractivity contribution in [1.29, 1.82) is 0 Å². The minimum atomic E-state index is 0.159. The summed E-state index contributed by atoms with van der Waals surface area (Å²) < 4.78 is 1.88. The molecule has 0 amide bonds. The van der Waals surface area contributed by atoms with Crippen LogP contribution < -0.4 is 10.9 Å². The molecule has 3 nitrogen and oxygen atoms in total. The quantitative estimate of drug-likeness (QED) is 0.788. The molecule has 0 bridgehead atoms. The molecular formula is C15H26N2O. The summed E-state index contributed by atoms with van der Waals surface area (Å²) in [6.07, 6.45) is 2.33. The molecule has 0 fully saturated rings. The van der Waals surface area contributed by atoms with Crippen LogP contribution in [-0.2, 0) is 6.54 Å². The van der Waals surface area contributed by atoms with E-state index in [1.54, 1.807) is 0 Å². The number of hydrogen-bond donors (Lipinski definition) is 1. The molecule has 1 aromatic rings. The van der Waals surface area contributed by atoms with Crippen LogP contribution in [0.4, 0.5) is 0 Å². The lowest BCUT2D eigenvalue weighted by Gasteiger charge is -2.17. The zero-order valence-electron chi connectivity index (χ0n) is 12.3. The van der Waals surface area contributed by atoms with Gasteiger partial charge in [0.25, 0.3) is 5.56 Å². The first kappa shape index (κ1) is 15.0. The predicted octanol–water partition coefficient (Wildman–Crippen LogP) is 2.94. The maximum atomic E-state index is 12.4. The SMILES string of the molecule is CCCCNCc1c(C)cc(C)n(C(C)C)c1=O. The third-order valence-electron chi connectivity index (χ3n) is 3.28. The van der Waals surface area contributed by atoms with Gasteiger partial charge in [-0.25, -0.2) is 0 Å². The van der Waals surface area contributed by atoms with Crippen LogP contribution in [0, 0.1) is 13.8 Å². The number of aromatic nitrogens is 1. The largest absolute Gasteiger partial charge is 0.312 e. The van der Waals surface area contributed by atoms with Gasteiger partial charge in [-0.2, -0.15) is 0 Å². The molecular weight excluding hydrogens is 224 g/mol. The van der Waals surface area contributed by atoms with Crippen molar-refractivity contribution >= 4 is 0 Å². The van der Waals surface area contributed by atoms with Gasteiger partial charge in [0, 0.05) is 23.8 Å². The first-order chi connectivity index (χ1) is 8.49. The molecule has 0 aromatic carbocycles. The lowest BCUT2D eigenvalue weighted by molar-refractivity contribution is 0.549. The maximum absolute atomic E-state index is 12.4. The average molecular weight is 250 g/mol. The van der Waals surface area contributed by atoms with E-state index in [1.165, 1.54) is 6.42 Å². The summed E-state index contributed by atoms with van der Waals surface area (Å²) in [5.74, 6) is 0. The van der Waals surface area contributed by atoms with E-state index in [0.29, 0.717) is 6.54 Å². The van der Waals surface area contributed by atoms with Crippen molar-refractivity contribution in [1.82, 2.24) is 9.88 Å². The van der Waals surface area contributed by atoms with Crippen LogP contribution in [0.25, 0.3) is 0 Å². The highest BCUT2D eigenvalue weighted by atomic mass is 16.1. The standard InChI is InChI=1S/C15H26N2O/c1-6-7-8-16-10-14-12(4)9-13(5)17(11(2)3)15(14)18/h9,11,16H,6-8,10H2,1-5H3. The molecule has 1 rings (SSSR count). The van der Waals surface area contributed by atoms with E-state index >= 15 is 0 Å². The zero-order chi connectivity index (χ0) is 13.7. The third kappa shape index (κ3) is 3.45. The van der Waals surface area contributed by atoms with E-state index in [0.717, 1.165) is 29.8 Å². The molecule has 0 aliphatic carbocycles. The van der Waals surface area contributed by atoms with Crippen molar-refractivity contribution in [3.63, 3.8) is 0 Å². The van der Waals surface area contributed by atoms with Gasteiger partial charge in [-0.05, 0) is 52.3 Å². The fourth-order valence-corrected chi connectivity index (χ4v) is 2.32. The summed E-state index contributed by atoms with van der Waals surface area (Å²) in [7, 11) is 0. The molecule has 1 heterocycles. The summed E-state index contributed by atoms with van der Waals surface area (Å²) in [5.41, 5.74) is 3.21. The van der Waals surface area contributed by atoms with Crippen LogP contribution >= 0.6 is 0 Å². The summed E-state index contributed by atoms with van der Waals surface area (Å²) in [6, 6.07) is 2.32. The molecule has 0 atom stereocenters. The van der Waals surface area contributed by atoms with Crippen molar-refractivity contribution in [2.75, 3.05) is 6.54 Å². The minimum Gasteiger partial charge on any atom is -0.312 e. The lowest BCUT2D eigenvalue weighted by Crippen LogP contribution is -2.31. The monoisotopic (exact) mass is 250 g/mol. The smallest absolute Gasteiger partial charge is 0.255 e. The van der Waals surface area contributed by atoms with Gasteiger partial charge in [-0.3, -0.25) is 4.79 Å². The highest BCUT2D eigenvalue weighted by Crippen LogP contribution is 2.10. The second-order valence-electron chi connectivity index (χ2n) is 5.25. The van der Waals surface area contributed by atoms with E-state index < -0.39 is 0 Å². The summed E-state index contributed by atoms with van der Waals surface area (Å²) in [4.78, 5) is 12.4. The third-order valence-corrected chi connectivity index (χ3v) is 3.28. The molecule has 1 N–H and O–H groups in total. The molecule has 0 spiro atoms. The Hall–Kier alpha value is -1.09. The Labute approximate surface area is 110 Å². The van der Waals surface area contributed by atoms with Gasteiger partial charge >= 0.3 is 0 Å². The molecule has 0 saturated carbocycles. The van der Waals surface area contributed by atoms with Crippen LogP contribution in [0.2, 0.25) is 0 Å². The molecule has 0 saturated heterocycles. The Morgan fingerprint density at radius 2 is 2.00 bits per heavy atom. The fraction of sp³-hybridized carbons (Fsp3) is 0.667. The Balaban J connectivity index is 2.97. The van der Waals surface area contributed by atoms with Crippen LogP contribution in [0.1, 0.15) is 56.5 Å². The Kier molecular flexibility index (Phi) is 5.60. The second-order valence-corrected chi connectivity index (χ2v) is 5.25. The van der Waals surface area contributed by atoms with Gasteiger partial charge in [0.2, 0.25) is 0 Å². The molecule has 102 valence electrons.